The SMILES string of the molecule is O=C1CCCCC1C(c1ccc(Br)cc1)N1CCCCC1. The lowest BCUT2D eigenvalue weighted by Crippen LogP contribution is -2.41. The molecule has 1 saturated carbocycles. The Hall–Kier alpha value is -0.670. The predicted molar refractivity (Wildman–Crippen MR) is 89.3 cm³/mol. The monoisotopic (exact) mass is 349 g/mol. The first kappa shape index (κ1) is 15.2. The average molecular weight is 350 g/mol. The number of nitrogens with zero attached hydrogens (tertiary/aromatic N) is 1. The summed E-state index contributed by atoms with van der Waals surface area (Å²) < 4.78 is 1.11. The number of ketones is 1. The summed E-state index contributed by atoms with van der Waals surface area (Å²) in [5.74, 6) is 0.692. The summed E-state index contributed by atoms with van der Waals surface area (Å²) >= 11 is 3.52. The molecule has 1 aromatic rings. The van der Waals surface area contributed by atoms with E-state index in [0.29, 0.717) is 11.8 Å². The fraction of sp³-hybridized carbons (Fsp3) is 0.611. The fourth-order valence-electron chi connectivity index (χ4n) is 3.90. The van der Waals surface area contributed by atoms with Crippen LogP contribution in [-0.4, -0.2) is 23.8 Å². The fourth-order valence-corrected chi connectivity index (χ4v) is 4.16. The number of benzene rings is 1. The number of carbonyl (C=O) groups excluding carboxylic acids is 1. The molecule has 1 aromatic carbocycles. The van der Waals surface area contributed by atoms with Gasteiger partial charge in [0.25, 0.3) is 0 Å². The molecule has 1 saturated heterocycles. The second kappa shape index (κ2) is 7.06. The number of carbonyl (C=O) groups is 1. The molecule has 2 nitrogen and oxygen atoms in total. The van der Waals surface area contributed by atoms with E-state index in [0.717, 1.165) is 36.8 Å². The van der Waals surface area contributed by atoms with Gasteiger partial charge in [0.2, 0.25) is 0 Å². The zero-order valence-corrected chi connectivity index (χ0v) is 14.1. The van der Waals surface area contributed by atoms with E-state index in [1.807, 2.05) is 0 Å². The number of halogens is 1. The van der Waals surface area contributed by atoms with Crippen LogP contribution in [0.25, 0.3) is 0 Å². The molecule has 0 bridgehead atoms. The van der Waals surface area contributed by atoms with Gasteiger partial charge in [-0.2, -0.15) is 0 Å². The number of hydrogen-bond acceptors (Lipinski definition) is 2. The highest BCUT2D eigenvalue weighted by molar-refractivity contribution is 9.10. The Morgan fingerprint density at radius 3 is 2.38 bits per heavy atom. The van der Waals surface area contributed by atoms with Crippen molar-refractivity contribution in [1.29, 1.82) is 0 Å². The molecule has 21 heavy (non-hydrogen) atoms. The Balaban J connectivity index is 1.89. The molecule has 0 N–H and O–H groups in total. The van der Waals surface area contributed by atoms with Gasteiger partial charge in [0.05, 0.1) is 0 Å². The summed E-state index contributed by atoms with van der Waals surface area (Å²) in [6.07, 6.45) is 8.02. The normalized spacial score (nSPS) is 25.8. The van der Waals surface area contributed by atoms with Gasteiger partial charge in [-0.3, -0.25) is 9.69 Å². The number of hydrogen-bond donors (Lipinski definition) is 0. The van der Waals surface area contributed by atoms with Crippen LogP contribution in [0.5, 0.6) is 0 Å². The molecule has 3 rings (SSSR count). The topological polar surface area (TPSA) is 20.3 Å². The van der Waals surface area contributed by atoms with Gasteiger partial charge in [0.15, 0.2) is 0 Å². The molecule has 2 fully saturated rings. The summed E-state index contributed by atoms with van der Waals surface area (Å²) in [6.45, 7) is 2.29. The van der Waals surface area contributed by atoms with Gasteiger partial charge in [-0.15, -0.1) is 0 Å². The van der Waals surface area contributed by atoms with E-state index < -0.39 is 0 Å². The number of piperidine rings is 1. The van der Waals surface area contributed by atoms with Crippen LogP contribution in [0.1, 0.15) is 56.6 Å². The molecule has 0 spiro atoms. The predicted octanol–water partition coefficient (Wildman–Crippen LogP) is 4.74. The Kier molecular flexibility index (Phi) is 5.12. The van der Waals surface area contributed by atoms with Crippen molar-refractivity contribution in [2.75, 3.05) is 13.1 Å². The third-order valence-electron chi connectivity index (χ3n) is 4.98. The maximum atomic E-state index is 12.5. The van der Waals surface area contributed by atoms with Crippen molar-refractivity contribution in [3.05, 3.63) is 34.3 Å². The smallest absolute Gasteiger partial charge is 0.137 e. The van der Waals surface area contributed by atoms with Crippen LogP contribution in [0, 0.1) is 5.92 Å². The summed E-state index contributed by atoms with van der Waals surface area (Å²) in [6, 6.07) is 8.92. The van der Waals surface area contributed by atoms with Crippen LogP contribution in [0.4, 0.5) is 0 Å². The maximum absolute atomic E-state index is 12.5. The Morgan fingerprint density at radius 2 is 1.71 bits per heavy atom. The van der Waals surface area contributed by atoms with E-state index in [-0.39, 0.29) is 5.92 Å². The van der Waals surface area contributed by atoms with Crippen molar-refractivity contribution in [2.45, 2.75) is 51.0 Å². The first-order valence-electron chi connectivity index (χ1n) is 8.28. The third-order valence-corrected chi connectivity index (χ3v) is 5.51. The largest absolute Gasteiger partial charge is 0.299 e. The molecular formula is C18H24BrNO. The standard InChI is InChI=1S/C18H24BrNO/c19-15-10-8-14(9-11-15)18(20-12-4-1-5-13-20)16-6-2-3-7-17(16)21/h8-11,16,18H,1-7,12-13H2. The summed E-state index contributed by atoms with van der Waals surface area (Å²) in [5, 5.41) is 0. The number of likely N-dealkylation sites (tertiary alicyclic amines) is 1. The molecule has 2 atom stereocenters. The summed E-state index contributed by atoms with van der Waals surface area (Å²) in [5.41, 5.74) is 1.32. The minimum absolute atomic E-state index is 0.207. The molecule has 1 heterocycles. The molecule has 0 amide bonds. The van der Waals surface area contributed by atoms with Crippen LogP contribution in [-0.2, 0) is 4.79 Å². The molecular weight excluding hydrogens is 326 g/mol. The van der Waals surface area contributed by atoms with Crippen molar-refractivity contribution < 1.29 is 4.79 Å². The highest BCUT2D eigenvalue weighted by Gasteiger charge is 2.35. The van der Waals surface area contributed by atoms with Crippen molar-refractivity contribution in [2.24, 2.45) is 5.92 Å². The van der Waals surface area contributed by atoms with Crippen LogP contribution in [0.2, 0.25) is 0 Å². The lowest BCUT2D eigenvalue weighted by Gasteiger charge is -2.40. The molecule has 2 unspecified atom stereocenters. The summed E-state index contributed by atoms with van der Waals surface area (Å²) in [7, 11) is 0. The number of rotatable bonds is 3. The van der Waals surface area contributed by atoms with E-state index in [9.17, 15) is 4.79 Å². The van der Waals surface area contributed by atoms with Gasteiger partial charge < -0.3 is 0 Å². The Bertz CT molecular complexity index is 478. The van der Waals surface area contributed by atoms with Crippen LogP contribution < -0.4 is 0 Å². The highest BCUT2D eigenvalue weighted by Crippen LogP contribution is 2.38. The highest BCUT2D eigenvalue weighted by atomic mass is 79.9. The molecule has 0 radical (unpaired) electrons. The minimum atomic E-state index is 0.207. The van der Waals surface area contributed by atoms with Crippen LogP contribution in [0.15, 0.2) is 28.7 Å². The van der Waals surface area contributed by atoms with E-state index in [1.54, 1.807) is 0 Å². The third kappa shape index (κ3) is 3.57. The number of Topliss-reactive ketones (excluding diaryl/α,β-unsaturated/α-hetero) is 1. The molecule has 1 aliphatic heterocycles. The van der Waals surface area contributed by atoms with Gasteiger partial charge in [-0.25, -0.2) is 0 Å². The first-order valence-corrected chi connectivity index (χ1v) is 9.07. The first-order chi connectivity index (χ1) is 10.3. The van der Waals surface area contributed by atoms with E-state index in [4.69, 9.17) is 0 Å². The minimum Gasteiger partial charge on any atom is -0.299 e. The van der Waals surface area contributed by atoms with Crippen molar-refractivity contribution in [3.63, 3.8) is 0 Å². The van der Waals surface area contributed by atoms with Gasteiger partial charge in [0.1, 0.15) is 5.78 Å². The lowest BCUT2D eigenvalue weighted by molar-refractivity contribution is -0.127. The maximum Gasteiger partial charge on any atom is 0.137 e. The molecule has 1 aliphatic carbocycles. The molecule has 114 valence electrons. The van der Waals surface area contributed by atoms with Gasteiger partial charge in [-0.1, -0.05) is 40.9 Å². The quantitative estimate of drug-likeness (QED) is 0.785. The molecule has 2 aliphatic rings. The van der Waals surface area contributed by atoms with Gasteiger partial charge in [0, 0.05) is 22.9 Å². The van der Waals surface area contributed by atoms with Crippen molar-refractivity contribution in [3.8, 4) is 0 Å². The average Bonchev–Trinajstić information content (AvgIpc) is 2.52. The van der Waals surface area contributed by atoms with Crippen molar-refractivity contribution >= 4 is 21.7 Å². The van der Waals surface area contributed by atoms with E-state index in [1.165, 1.54) is 31.2 Å². The van der Waals surface area contributed by atoms with Gasteiger partial charge in [-0.05, 0) is 56.5 Å². The Morgan fingerprint density at radius 1 is 1.00 bits per heavy atom. The second-order valence-electron chi connectivity index (χ2n) is 6.41. The summed E-state index contributed by atoms with van der Waals surface area (Å²) in [4.78, 5) is 15.1. The lowest BCUT2D eigenvalue weighted by atomic mass is 9.79. The van der Waals surface area contributed by atoms with Crippen molar-refractivity contribution in [1.82, 2.24) is 4.90 Å². The zero-order valence-electron chi connectivity index (χ0n) is 12.6. The van der Waals surface area contributed by atoms with Crippen LogP contribution >= 0.6 is 15.9 Å². The van der Waals surface area contributed by atoms with E-state index in [2.05, 4.69) is 45.1 Å². The second-order valence-corrected chi connectivity index (χ2v) is 7.33. The molecule has 0 aromatic heterocycles. The zero-order chi connectivity index (χ0) is 14.7. The van der Waals surface area contributed by atoms with Crippen LogP contribution in [0.3, 0.4) is 0 Å². The Labute approximate surface area is 136 Å². The van der Waals surface area contributed by atoms with E-state index >= 15 is 0 Å². The van der Waals surface area contributed by atoms with Gasteiger partial charge >= 0.3 is 0 Å². The molecule has 3 heteroatoms.